The number of nitrogens with zero attached hydrogens (tertiary/aromatic N) is 4. The number of hydrogen-bond acceptors (Lipinski definition) is 6. The van der Waals surface area contributed by atoms with Gasteiger partial charge in [-0.25, -0.2) is 4.79 Å². The Kier molecular flexibility index (Phi) is 7.47. The number of carbonyl (C=O) groups is 4. The van der Waals surface area contributed by atoms with E-state index in [1.54, 1.807) is 6.92 Å². The summed E-state index contributed by atoms with van der Waals surface area (Å²) in [4.78, 5) is 56.3. The molecule has 3 heterocycles. The highest BCUT2D eigenvalue weighted by Gasteiger charge is 2.48. The number of benzene rings is 1. The molecule has 3 fully saturated rings. The van der Waals surface area contributed by atoms with Gasteiger partial charge in [0.2, 0.25) is 5.91 Å². The van der Waals surface area contributed by atoms with E-state index in [1.165, 1.54) is 0 Å². The van der Waals surface area contributed by atoms with Crippen molar-refractivity contribution >= 4 is 23.8 Å². The molecule has 10 heteroatoms. The molecule has 5 amide bonds. The molecule has 1 aromatic carbocycles. The van der Waals surface area contributed by atoms with Crippen molar-refractivity contribution in [2.24, 2.45) is 0 Å². The Morgan fingerprint density at radius 1 is 0.941 bits per heavy atom. The molecule has 0 aliphatic carbocycles. The van der Waals surface area contributed by atoms with E-state index in [0.717, 1.165) is 36.5 Å². The zero-order chi connectivity index (χ0) is 24.1. The van der Waals surface area contributed by atoms with E-state index in [9.17, 15) is 19.2 Å². The number of carbonyl (C=O) groups excluding carboxylic acids is 4. The lowest BCUT2D eigenvalue weighted by Gasteiger charge is -2.34. The standard InChI is InChI=1S/C24H34N6O4/c1-24(10-9-19-7-3-2-4-8-19)22(33)30(23(34)25-24)26-20(31)17-27-13-15-28(16-14-27)18-21(32)29-11-5-6-12-29/h2-4,7-8H,5-6,9-18H2,1H3,(H,25,34)(H,26,31). The first kappa shape index (κ1) is 24.2. The van der Waals surface area contributed by atoms with Crippen molar-refractivity contribution in [2.45, 2.75) is 38.1 Å². The van der Waals surface area contributed by atoms with Gasteiger partial charge in [-0.2, -0.15) is 5.01 Å². The van der Waals surface area contributed by atoms with Crippen molar-refractivity contribution in [2.75, 3.05) is 52.4 Å². The lowest BCUT2D eigenvalue weighted by Crippen LogP contribution is -2.54. The highest BCUT2D eigenvalue weighted by atomic mass is 16.2. The lowest BCUT2D eigenvalue weighted by atomic mass is 9.93. The maximum Gasteiger partial charge on any atom is 0.344 e. The van der Waals surface area contributed by atoms with E-state index in [1.807, 2.05) is 40.1 Å². The number of rotatable bonds is 8. The third-order valence-electron chi connectivity index (χ3n) is 6.90. The van der Waals surface area contributed by atoms with E-state index in [4.69, 9.17) is 0 Å². The predicted octanol–water partition coefficient (Wildman–Crippen LogP) is 0.201. The first-order valence-corrected chi connectivity index (χ1v) is 12.1. The van der Waals surface area contributed by atoms with Crippen molar-refractivity contribution < 1.29 is 19.2 Å². The minimum absolute atomic E-state index is 0.0890. The number of hydrogen-bond donors (Lipinski definition) is 2. The monoisotopic (exact) mass is 470 g/mol. The number of hydrazine groups is 1. The van der Waals surface area contributed by atoms with Crippen molar-refractivity contribution in [3.05, 3.63) is 35.9 Å². The Hall–Kier alpha value is -2.98. The second-order valence-corrected chi connectivity index (χ2v) is 9.56. The fourth-order valence-electron chi connectivity index (χ4n) is 4.72. The van der Waals surface area contributed by atoms with Crippen LogP contribution >= 0.6 is 0 Å². The molecule has 34 heavy (non-hydrogen) atoms. The molecule has 0 saturated carbocycles. The molecule has 4 rings (SSSR count). The van der Waals surface area contributed by atoms with Crippen LogP contribution < -0.4 is 10.7 Å². The summed E-state index contributed by atoms with van der Waals surface area (Å²) >= 11 is 0. The van der Waals surface area contributed by atoms with Gasteiger partial charge >= 0.3 is 6.03 Å². The molecule has 10 nitrogen and oxygen atoms in total. The van der Waals surface area contributed by atoms with Gasteiger partial charge < -0.3 is 10.2 Å². The van der Waals surface area contributed by atoms with Crippen molar-refractivity contribution in [1.29, 1.82) is 0 Å². The third kappa shape index (κ3) is 5.74. The number of nitrogens with one attached hydrogen (secondary N) is 2. The molecule has 0 radical (unpaired) electrons. The summed E-state index contributed by atoms with van der Waals surface area (Å²) in [6.07, 6.45) is 3.23. The summed E-state index contributed by atoms with van der Waals surface area (Å²) in [5.41, 5.74) is 2.49. The van der Waals surface area contributed by atoms with Crippen LogP contribution in [0.4, 0.5) is 4.79 Å². The van der Waals surface area contributed by atoms with Crippen LogP contribution in [0.2, 0.25) is 0 Å². The summed E-state index contributed by atoms with van der Waals surface area (Å²) in [5.74, 6) is -0.679. The highest BCUT2D eigenvalue weighted by molar-refractivity contribution is 6.07. The quantitative estimate of drug-likeness (QED) is 0.526. The molecular weight excluding hydrogens is 436 g/mol. The minimum atomic E-state index is -1.06. The van der Waals surface area contributed by atoms with Crippen LogP contribution in [0.1, 0.15) is 31.7 Å². The summed E-state index contributed by atoms with van der Waals surface area (Å²) in [5, 5.41) is 3.53. The van der Waals surface area contributed by atoms with Crippen LogP contribution in [0.3, 0.4) is 0 Å². The van der Waals surface area contributed by atoms with Gasteiger partial charge in [-0.15, -0.1) is 0 Å². The average molecular weight is 471 g/mol. The SMILES string of the molecule is CC1(CCc2ccccc2)NC(=O)N(NC(=O)CN2CCN(CC(=O)N3CCCC3)CC2)C1=O. The topological polar surface area (TPSA) is 105 Å². The van der Waals surface area contributed by atoms with Gasteiger partial charge in [0, 0.05) is 39.3 Å². The van der Waals surface area contributed by atoms with Crippen LogP contribution in [0.5, 0.6) is 0 Å². The Morgan fingerprint density at radius 2 is 1.56 bits per heavy atom. The molecule has 3 aliphatic rings. The van der Waals surface area contributed by atoms with E-state index >= 15 is 0 Å². The molecule has 0 aromatic heterocycles. The third-order valence-corrected chi connectivity index (χ3v) is 6.90. The van der Waals surface area contributed by atoms with Crippen LogP contribution in [-0.2, 0) is 20.8 Å². The van der Waals surface area contributed by atoms with Crippen LogP contribution in [0, 0.1) is 0 Å². The van der Waals surface area contributed by atoms with E-state index in [-0.39, 0.29) is 12.5 Å². The fraction of sp³-hybridized carbons (Fsp3) is 0.583. The number of imide groups is 1. The van der Waals surface area contributed by atoms with Crippen LogP contribution in [0.25, 0.3) is 0 Å². The summed E-state index contributed by atoms with van der Waals surface area (Å²) < 4.78 is 0. The highest BCUT2D eigenvalue weighted by Crippen LogP contribution is 2.22. The number of aryl methyl sites for hydroxylation is 1. The molecule has 1 atom stereocenters. The maximum absolute atomic E-state index is 12.9. The first-order chi connectivity index (χ1) is 16.3. The van der Waals surface area contributed by atoms with Crippen molar-refractivity contribution in [1.82, 2.24) is 30.5 Å². The predicted molar refractivity (Wildman–Crippen MR) is 125 cm³/mol. The van der Waals surface area contributed by atoms with Gasteiger partial charge in [0.1, 0.15) is 5.54 Å². The number of urea groups is 1. The van der Waals surface area contributed by atoms with Crippen LogP contribution in [0.15, 0.2) is 30.3 Å². The van der Waals surface area contributed by atoms with E-state index < -0.39 is 23.4 Å². The Balaban J connectivity index is 1.21. The Morgan fingerprint density at radius 3 is 2.21 bits per heavy atom. The second-order valence-electron chi connectivity index (χ2n) is 9.56. The van der Waals surface area contributed by atoms with Crippen molar-refractivity contribution in [3.63, 3.8) is 0 Å². The van der Waals surface area contributed by atoms with Gasteiger partial charge in [0.05, 0.1) is 13.1 Å². The van der Waals surface area contributed by atoms with Crippen LogP contribution in [-0.4, -0.2) is 101 Å². The largest absolute Gasteiger partial charge is 0.344 e. The number of likely N-dealkylation sites (tertiary alicyclic amines) is 1. The summed E-state index contributed by atoms with van der Waals surface area (Å²) in [6.45, 7) is 6.60. The molecule has 0 bridgehead atoms. The zero-order valence-electron chi connectivity index (χ0n) is 19.8. The van der Waals surface area contributed by atoms with E-state index in [0.29, 0.717) is 45.6 Å². The molecular formula is C24H34N6O4. The lowest BCUT2D eigenvalue weighted by molar-refractivity contribution is -0.139. The Bertz CT molecular complexity index is 911. The van der Waals surface area contributed by atoms with Gasteiger partial charge in [0.15, 0.2) is 0 Å². The first-order valence-electron chi connectivity index (χ1n) is 12.1. The van der Waals surface area contributed by atoms with Gasteiger partial charge in [-0.1, -0.05) is 30.3 Å². The Labute approximate surface area is 200 Å². The molecule has 184 valence electrons. The molecule has 0 spiro atoms. The normalized spacial score (nSPS) is 23.9. The fourth-order valence-corrected chi connectivity index (χ4v) is 4.72. The van der Waals surface area contributed by atoms with Gasteiger partial charge in [0.25, 0.3) is 11.8 Å². The van der Waals surface area contributed by atoms with E-state index in [2.05, 4.69) is 15.6 Å². The molecule has 3 aliphatic heterocycles. The molecule has 3 saturated heterocycles. The molecule has 1 aromatic rings. The average Bonchev–Trinajstić information content (AvgIpc) is 3.44. The van der Waals surface area contributed by atoms with Gasteiger partial charge in [-0.05, 0) is 38.2 Å². The number of piperazine rings is 1. The summed E-state index contributed by atoms with van der Waals surface area (Å²) in [7, 11) is 0. The summed E-state index contributed by atoms with van der Waals surface area (Å²) in [6, 6.07) is 9.14. The smallest absolute Gasteiger partial charge is 0.342 e. The zero-order valence-corrected chi connectivity index (χ0v) is 19.8. The van der Waals surface area contributed by atoms with Gasteiger partial charge in [-0.3, -0.25) is 29.6 Å². The number of amides is 5. The maximum atomic E-state index is 12.9. The minimum Gasteiger partial charge on any atom is -0.342 e. The van der Waals surface area contributed by atoms with Crippen molar-refractivity contribution in [3.8, 4) is 0 Å². The second kappa shape index (κ2) is 10.5. The molecule has 2 N–H and O–H groups in total. The molecule has 1 unspecified atom stereocenters.